The minimum atomic E-state index is 0.506. The molecule has 1 fully saturated rings. The fourth-order valence-electron chi connectivity index (χ4n) is 3.73. The van der Waals surface area contributed by atoms with Crippen molar-refractivity contribution in [3.8, 4) is 0 Å². The van der Waals surface area contributed by atoms with E-state index in [0.29, 0.717) is 5.41 Å². The molecule has 0 aromatic carbocycles. The van der Waals surface area contributed by atoms with Crippen LogP contribution >= 0.6 is 11.3 Å². The molecule has 1 aromatic rings. The van der Waals surface area contributed by atoms with Gasteiger partial charge in [-0.2, -0.15) is 0 Å². The summed E-state index contributed by atoms with van der Waals surface area (Å²) in [6.07, 6.45) is 5.11. The predicted molar refractivity (Wildman–Crippen MR) is 81.5 cm³/mol. The molecule has 1 heterocycles. The molecule has 0 radical (unpaired) electrons. The lowest BCUT2D eigenvalue weighted by molar-refractivity contribution is 0.0229. The van der Waals surface area contributed by atoms with Crippen LogP contribution < -0.4 is 5.32 Å². The summed E-state index contributed by atoms with van der Waals surface area (Å²) >= 11 is 2.04. The molecule has 1 aromatic heterocycles. The van der Waals surface area contributed by atoms with E-state index in [4.69, 9.17) is 0 Å². The smallest absolute Gasteiger partial charge is 0.0136 e. The van der Waals surface area contributed by atoms with Crippen LogP contribution in [0.15, 0.2) is 12.1 Å². The zero-order valence-electron chi connectivity index (χ0n) is 12.3. The molecule has 0 aliphatic heterocycles. The van der Waals surface area contributed by atoms with Gasteiger partial charge in [-0.05, 0) is 49.8 Å². The van der Waals surface area contributed by atoms with E-state index in [2.05, 4.69) is 45.1 Å². The van der Waals surface area contributed by atoms with Crippen molar-refractivity contribution in [2.45, 2.75) is 65.3 Å². The Balaban J connectivity index is 2.18. The Labute approximate surface area is 116 Å². The number of hydrogen-bond donors (Lipinski definition) is 1. The molecule has 1 aliphatic carbocycles. The molecule has 2 atom stereocenters. The Hall–Kier alpha value is -0.340. The van der Waals surface area contributed by atoms with E-state index in [0.717, 1.165) is 18.5 Å². The van der Waals surface area contributed by atoms with E-state index in [1.54, 1.807) is 4.88 Å². The van der Waals surface area contributed by atoms with Crippen molar-refractivity contribution >= 4 is 11.3 Å². The van der Waals surface area contributed by atoms with Gasteiger partial charge in [-0.25, -0.2) is 0 Å². The second kappa shape index (κ2) is 5.75. The summed E-state index contributed by atoms with van der Waals surface area (Å²) in [5, 5.41) is 3.70. The van der Waals surface area contributed by atoms with Gasteiger partial charge in [-0.15, -0.1) is 11.3 Å². The Morgan fingerprint density at radius 3 is 2.44 bits per heavy atom. The lowest BCUT2D eigenvalue weighted by atomic mass is 9.53. The Bertz CT molecular complexity index is 378. The first-order valence-electron chi connectivity index (χ1n) is 7.53. The molecular formula is C16H27NS. The van der Waals surface area contributed by atoms with Gasteiger partial charge in [-0.1, -0.05) is 27.7 Å². The summed E-state index contributed by atoms with van der Waals surface area (Å²) in [6, 6.07) is 5.45. The molecule has 1 N–H and O–H groups in total. The van der Waals surface area contributed by atoms with Crippen LogP contribution in [0.3, 0.4) is 0 Å². The predicted octanol–water partition coefficient (Wildman–Crippen LogP) is 4.58. The number of thiophene rings is 1. The number of nitrogens with one attached hydrogen (secondary N) is 1. The first kappa shape index (κ1) is 14.1. The van der Waals surface area contributed by atoms with Crippen LogP contribution in [-0.4, -0.2) is 12.6 Å². The minimum absolute atomic E-state index is 0.506. The van der Waals surface area contributed by atoms with Gasteiger partial charge in [0, 0.05) is 21.7 Å². The minimum Gasteiger partial charge on any atom is -0.314 e. The molecule has 0 spiro atoms. The van der Waals surface area contributed by atoms with Crippen molar-refractivity contribution < 1.29 is 0 Å². The Kier molecular flexibility index (Phi) is 4.50. The molecule has 1 saturated carbocycles. The number of hydrogen-bond acceptors (Lipinski definition) is 2. The molecular weight excluding hydrogens is 238 g/mol. The average Bonchev–Trinajstić information content (AvgIpc) is 2.84. The zero-order valence-corrected chi connectivity index (χ0v) is 13.1. The molecule has 1 aliphatic rings. The summed E-state index contributed by atoms with van der Waals surface area (Å²) in [7, 11) is 0. The largest absolute Gasteiger partial charge is 0.314 e. The van der Waals surface area contributed by atoms with Crippen molar-refractivity contribution in [2.24, 2.45) is 5.41 Å². The van der Waals surface area contributed by atoms with Crippen molar-refractivity contribution in [3.63, 3.8) is 0 Å². The molecule has 0 saturated heterocycles. The zero-order chi connectivity index (χ0) is 13.2. The topological polar surface area (TPSA) is 12.0 Å². The van der Waals surface area contributed by atoms with Crippen molar-refractivity contribution in [2.75, 3.05) is 6.54 Å². The Morgan fingerprint density at radius 2 is 1.94 bits per heavy atom. The lowest BCUT2D eigenvalue weighted by Gasteiger charge is -2.56. The highest BCUT2D eigenvalue weighted by atomic mass is 32.1. The third-order valence-electron chi connectivity index (χ3n) is 5.00. The van der Waals surface area contributed by atoms with Gasteiger partial charge in [0.25, 0.3) is 0 Å². The lowest BCUT2D eigenvalue weighted by Crippen LogP contribution is -2.57. The Morgan fingerprint density at radius 1 is 1.22 bits per heavy atom. The standard InChI is InChI=1S/C16H27NS/c1-5-12-9-10-14(18-12)13-11-15(17-8-4)16(13,6-2)7-3/h9-10,13,15,17H,5-8,11H2,1-4H3. The van der Waals surface area contributed by atoms with E-state index in [1.807, 2.05) is 11.3 Å². The first-order chi connectivity index (χ1) is 8.71. The maximum absolute atomic E-state index is 3.70. The van der Waals surface area contributed by atoms with Crippen LogP contribution in [0.5, 0.6) is 0 Å². The van der Waals surface area contributed by atoms with Crippen LogP contribution in [0.2, 0.25) is 0 Å². The molecule has 2 unspecified atom stereocenters. The van der Waals surface area contributed by atoms with Crippen molar-refractivity contribution in [1.29, 1.82) is 0 Å². The van der Waals surface area contributed by atoms with Crippen LogP contribution in [0, 0.1) is 5.41 Å². The monoisotopic (exact) mass is 265 g/mol. The van der Waals surface area contributed by atoms with Gasteiger partial charge >= 0.3 is 0 Å². The maximum Gasteiger partial charge on any atom is 0.0136 e. The molecule has 2 rings (SSSR count). The molecule has 0 bridgehead atoms. The molecule has 0 amide bonds. The highest BCUT2D eigenvalue weighted by Crippen LogP contribution is 2.58. The normalized spacial score (nSPS) is 26.0. The number of rotatable bonds is 6. The van der Waals surface area contributed by atoms with Crippen LogP contribution in [0.4, 0.5) is 0 Å². The third-order valence-corrected chi connectivity index (χ3v) is 6.34. The van der Waals surface area contributed by atoms with Gasteiger partial charge in [-0.3, -0.25) is 0 Å². The summed E-state index contributed by atoms with van der Waals surface area (Å²) < 4.78 is 0. The summed E-state index contributed by atoms with van der Waals surface area (Å²) in [6.45, 7) is 10.3. The molecule has 1 nitrogen and oxygen atoms in total. The van der Waals surface area contributed by atoms with Gasteiger partial charge in [0.05, 0.1) is 0 Å². The van der Waals surface area contributed by atoms with E-state index in [9.17, 15) is 0 Å². The van der Waals surface area contributed by atoms with Gasteiger partial charge < -0.3 is 5.32 Å². The highest BCUT2D eigenvalue weighted by Gasteiger charge is 2.52. The van der Waals surface area contributed by atoms with Crippen molar-refractivity contribution in [3.05, 3.63) is 21.9 Å². The molecule has 2 heteroatoms. The van der Waals surface area contributed by atoms with Crippen LogP contribution in [0.25, 0.3) is 0 Å². The average molecular weight is 265 g/mol. The van der Waals surface area contributed by atoms with Gasteiger partial charge in [0.15, 0.2) is 0 Å². The molecule has 102 valence electrons. The fraction of sp³-hybridized carbons (Fsp3) is 0.750. The second-order valence-corrected chi connectivity index (χ2v) is 6.70. The van der Waals surface area contributed by atoms with E-state index < -0.39 is 0 Å². The van der Waals surface area contributed by atoms with Crippen LogP contribution in [0.1, 0.15) is 62.6 Å². The van der Waals surface area contributed by atoms with Gasteiger partial charge in [0.2, 0.25) is 0 Å². The molecule has 18 heavy (non-hydrogen) atoms. The van der Waals surface area contributed by atoms with E-state index >= 15 is 0 Å². The SMILES string of the molecule is CCNC1CC(c2ccc(CC)s2)C1(CC)CC. The quantitative estimate of drug-likeness (QED) is 0.793. The maximum atomic E-state index is 3.70. The van der Waals surface area contributed by atoms with Gasteiger partial charge in [0.1, 0.15) is 0 Å². The van der Waals surface area contributed by atoms with Crippen molar-refractivity contribution in [1.82, 2.24) is 5.32 Å². The fourth-order valence-corrected chi connectivity index (χ4v) is 4.92. The highest BCUT2D eigenvalue weighted by molar-refractivity contribution is 7.12. The third kappa shape index (κ3) is 2.14. The van der Waals surface area contributed by atoms with E-state index in [-0.39, 0.29) is 0 Å². The number of aryl methyl sites for hydroxylation is 1. The van der Waals surface area contributed by atoms with E-state index in [1.165, 1.54) is 30.6 Å². The first-order valence-corrected chi connectivity index (χ1v) is 8.35. The summed E-state index contributed by atoms with van der Waals surface area (Å²) in [5.74, 6) is 0.793. The summed E-state index contributed by atoms with van der Waals surface area (Å²) in [5.41, 5.74) is 0.506. The summed E-state index contributed by atoms with van der Waals surface area (Å²) in [4.78, 5) is 3.17. The second-order valence-electron chi connectivity index (χ2n) is 5.50. The van der Waals surface area contributed by atoms with Crippen LogP contribution in [-0.2, 0) is 6.42 Å².